The summed E-state index contributed by atoms with van der Waals surface area (Å²) < 4.78 is 31.0. The minimum absolute atomic E-state index is 0.0151. The van der Waals surface area contributed by atoms with Crippen LogP contribution in [0.25, 0.3) is 21.5 Å². The minimum atomic E-state index is -3.96. The van der Waals surface area contributed by atoms with E-state index in [1.54, 1.807) is 36.1 Å². The SMILES string of the molecule is Cc1nc(-c2cc3ncn(Cc4ccc(Cl)cc4)c(=O)c3cc2N[C@H]2CCN3C(=O)OC[C@@H]3C2)sc1S(N)(=O)=O. The molecule has 2 aliphatic rings. The molecule has 0 radical (unpaired) electrons. The second-order valence-electron chi connectivity index (χ2n) is 9.95. The molecule has 2 aromatic heterocycles. The minimum Gasteiger partial charge on any atom is -0.447 e. The second kappa shape index (κ2) is 10.1. The fourth-order valence-electron chi connectivity index (χ4n) is 5.21. The standard InChI is InChI=1S/C26H25ClN6O5S2/c1-14-25(40(28,36)37)39-23(30-14)19-9-21-20(24(34)32(13-29-21)11-15-2-4-16(27)5-3-15)10-22(19)31-17-6-7-33-18(8-17)12-38-26(33)35/h2-5,9-10,13,17-18,31H,6-8,11-12H2,1H3,(H2,28,36,37)/t17-,18-/m0/s1. The molecule has 0 spiro atoms. The Morgan fingerprint density at radius 1 is 1.23 bits per heavy atom. The third kappa shape index (κ3) is 5.05. The number of carbonyl (C=O) groups excluding carboxylic acids is 1. The van der Waals surface area contributed by atoms with Crippen LogP contribution in [0.2, 0.25) is 5.02 Å². The average molecular weight is 601 g/mol. The van der Waals surface area contributed by atoms with Crippen molar-refractivity contribution in [2.24, 2.45) is 5.14 Å². The molecule has 2 atom stereocenters. The number of cyclic esters (lactones) is 1. The summed E-state index contributed by atoms with van der Waals surface area (Å²) >= 11 is 6.97. The maximum Gasteiger partial charge on any atom is 0.410 e. The molecule has 11 nitrogen and oxygen atoms in total. The van der Waals surface area contributed by atoms with E-state index in [2.05, 4.69) is 15.3 Å². The molecule has 40 heavy (non-hydrogen) atoms. The number of hydrogen-bond acceptors (Lipinski definition) is 9. The van der Waals surface area contributed by atoms with Gasteiger partial charge in [-0.25, -0.2) is 28.3 Å². The first-order chi connectivity index (χ1) is 19.1. The van der Waals surface area contributed by atoms with Crippen molar-refractivity contribution < 1.29 is 17.9 Å². The number of nitrogens with zero attached hydrogens (tertiary/aromatic N) is 4. The van der Waals surface area contributed by atoms with Crippen molar-refractivity contribution in [1.29, 1.82) is 0 Å². The number of benzene rings is 2. The maximum atomic E-state index is 13.6. The number of piperidine rings is 1. The topological polar surface area (TPSA) is 150 Å². The smallest absolute Gasteiger partial charge is 0.410 e. The van der Waals surface area contributed by atoms with E-state index in [4.69, 9.17) is 21.5 Å². The summed E-state index contributed by atoms with van der Waals surface area (Å²) in [7, 11) is -3.96. The van der Waals surface area contributed by atoms with Gasteiger partial charge >= 0.3 is 6.09 Å². The highest BCUT2D eigenvalue weighted by molar-refractivity contribution is 7.91. The molecule has 2 aromatic carbocycles. The van der Waals surface area contributed by atoms with Crippen LogP contribution in [0.4, 0.5) is 10.5 Å². The third-order valence-corrected chi connectivity index (χ3v) is 10.2. The molecule has 14 heteroatoms. The van der Waals surface area contributed by atoms with Crippen molar-refractivity contribution in [3.05, 3.63) is 69.4 Å². The summed E-state index contributed by atoms with van der Waals surface area (Å²) in [6, 6.07) is 10.7. The normalized spacial score (nSPS) is 19.1. The Morgan fingerprint density at radius 2 is 2.00 bits per heavy atom. The first-order valence-corrected chi connectivity index (χ1v) is 15.3. The van der Waals surface area contributed by atoms with E-state index in [-0.39, 0.29) is 27.9 Å². The van der Waals surface area contributed by atoms with Gasteiger partial charge in [-0.2, -0.15) is 0 Å². The molecule has 0 bridgehead atoms. The van der Waals surface area contributed by atoms with Gasteiger partial charge in [0, 0.05) is 28.9 Å². The molecular formula is C26H25ClN6O5S2. The van der Waals surface area contributed by atoms with Gasteiger partial charge < -0.3 is 15.0 Å². The van der Waals surface area contributed by atoms with E-state index in [1.807, 2.05) is 12.1 Å². The van der Waals surface area contributed by atoms with Crippen molar-refractivity contribution in [3.63, 3.8) is 0 Å². The number of anilines is 1. The number of amides is 1. The Bertz CT molecular complexity index is 1800. The van der Waals surface area contributed by atoms with Crippen LogP contribution in [-0.2, 0) is 21.3 Å². The summed E-state index contributed by atoms with van der Waals surface area (Å²) in [5, 5.41) is 10.4. The molecule has 2 aliphatic heterocycles. The van der Waals surface area contributed by atoms with E-state index in [1.165, 1.54) is 10.9 Å². The number of rotatable bonds is 6. The largest absolute Gasteiger partial charge is 0.447 e. The number of nitrogens with two attached hydrogens (primary N) is 1. The van der Waals surface area contributed by atoms with Gasteiger partial charge in [-0.15, -0.1) is 11.3 Å². The van der Waals surface area contributed by atoms with E-state index in [0.717, 1.165) is 16.9 Å². The predicted octanol–water partition coefficient (Wildman–Crippen LogP) is 3.57. The quantitative estimate of drug-likeness (QED) is 0.341. The Balaban J connectivity index is 1.42. The molecule has 0 aliphatic carbocycles. The van der Waals surface area contributed by atoms with Crippen LogP contribution >= 0.6 is 22.9 Å². The van der Waals surface area contributed by atoms with Crippen LogP contribution in [0.3, 0.4) is 0 Å². The van der Waals surface area contributed by atoms with E-state index < -0.39 is 10.0 Å². The van der Waals surface area contributed by atoms with Crippen molar-refractivity contribution >= 4 is 55.6 Å². The molecule has 2 fully saturated rings. The Hall–Kier alpha value is -3.52. The molecule has 3 N–H and O–H groups in total. The van der Waals surface area contributed by atoms with Crippen molar-refractivity contribution in [3.8, 4) is 10.6 Å². The molecular weight excluding hydrogens is 576 g/mol. The van der Waals surface area contributed by atoms with Gasteiger partial charge in [0.1, 0.15) is 11.6 Å². The number of primary sulfonamides is 1. The summed E-state index contributed by atoms with van der Waals surface area (Å²) in [6.07, 6.45) is 2.54. The van der Waals surface area contributed by atoms with Gasteiger partial charge in [-0.05, 0) is 49.6 Å². The fraction of sp³-hybridized carbons (Fsp3) is 0.308. The van der Waals surface area contributed by atoms with Gasteiger partial charge in [-0.1, -0.05) is 23.7 Å². The monoisotopic (exact) mass is 600 g/mol. The van der Waals surface area contributed by atoms with Gasteiger partial charge in [-0.3, -0.25) is 9.36 Å². The van der Waals surface area contributed by atoms with Crippen LogP contribution in [0.1, 0.15) is 24.1 Å². The lowest BCUT2D eigenvalue weighted by Crippen LogP contribution is -2.45. The van der Waals surface area contributed by atoms with E-state index >= 15 is 0 Å². The zero-order chi connectivity index (χ0) is 28.2. The number of halogens is 1. The Kier molecular flexibility index (Phi) is 6.77. The van der Waals surface area contributed by atoms with E-state index in [0.29, 0.717) is 70.4 Å². The fourth-order valence-corrected chi connectivity index (χ4v) is 7.33. The molecule has 4 aromatic rings. The highest BCUT2D eigenvalue weighted by atomic mass is 35.5. The first kappa shape index (κ1) is 26.7. The first-order valence-electron chi connectivity index (χ1n) is 12.5. The summed E-state index contributed by atoms with van der Waals surface area (Å²) in [5.41, 5.74) is 2.66. The molecule has 208 valence electrons. The zero-order valence-corrected chi connectivity index (χ0v) is 23.7. The summed E-state index contributed by atoms with van der Waals surface area (Å²) in [6.45, 7) is 2.80. The molecule has 1 amide bonds. The lowest BCUT2D eigenvalue weighted by atomic mass is 9.97. The molecule has 0 saturated carbocycles. The molecule has 2 saturated heterocycles. The molecule has 4 heterocycles. The number of thiazole rings is 1. The van der Waals surface area contributed by atoms with Gasteiger partial charge in [0.05, 0.1) is 35.5 Å². The number of nitrogens with one attached hydrogen (secondary N) is 1. The number of aryl methyl sites for hydroxylation is 1. The van der Waals surface area contributed by atoms with Crippen molar-refractivity contribution in [2.75, 3.05) is 18.5 Å². The predicted molar refractivity (Wildman–Crippen MR) is 152 cm³/mol. The number of hydrogen-bond donors (Lipinski definition) is 2. The number of sulfonamides is 1. The number of aromatic nitrogens is 3. The van der Waals surface area contributed by atoms with Crippen LogP contribution in [-0.4, -0.2) is 59.2 Å². The zero-order valence-electron chi connectivity index (χ0n) is 21.3. The Labute approximate surface area is 238 Å². The lowest BCUT2D eigenvalue weighted by Gasteiger charge is -2.33. The maximum absolute atomic E-state index is 13.6. The molecule has 6 rings (SSSR count). The summed E-state index contributed by atoms with van der Waals surface area (Å²) in [5.74, 6) is 0. The number of fused-ring (bicyclic) bond motifs is 2. The van der Waals surface area contributed by atoms with Crippen molar-refractivity contribution in [1.82, 2.24) is 19.4 Å². The van der Waals surface area contributed by atoms with Gasteiger partial charge in [0.15, 0.2) is 4.21 Å². The van der Waals surface area contributed by atoms with Gasteiger partial charge in [0.25, 0.3) is 5.56 Å². The molecule has 0 unspecified atom stereocenters. The average Bonchev–Trinajstić information content (AvgIpc) is 3.49. The number of ether oxygens (including phenoxy) is 1. The highest BCUT2D eigenvalue weighted by Crippen LogP contribution is 2.38. The van der Waals surface area contributed by atoms with Crippen LogP contribution < -0.4 is 16.0 Å². The lowest BCUT2D eigenvalue weighted by molar-refractivity contribution is 0.153. The van der Waals surface area contributed by atoms with Crippen molar-refractivity contribution in [2.45, 2.75) is 42.6 Å². The highest BCUT2D eigenvalue weighted by Gasteiger charge is 2.38. The van der Waals surface area contributed by atoms with Gasteiger partial charge in [0.2, 0.25) is 10.0 Å². The number of carbonyl (C=O) groups is 1. The van der Waals surface area contributed by atoms with Crippen LogP contribution in [0.15, 0.2) is 51.7 Å². The Morgan fingerprint density at radius 3 is 2.73 bits per heavy atom. The summed E-state index contributed by atoms with van der Waals surface area (Å²) in [4.78, 5) is 36.3. The van der Waals surface area contributed by atoms with Crippen LogP contribution in [0, 0.1) is 6.92 Å². The van der Waals surface area contributed by atoms with Crippen LogP contribution in [0.5, 0.6) is 0 Å². The second-order valence-corrected chi connectivity index (χ2v) is 13.1. The van der Waals surface area contributed by atoms with E-state index in [9.17, 15) is 18.0 Å². The third-order valence-electron chi connectivity index (χ3n) is 7.18.